The van der Waals surface area contributed by atoms with Crippen molar-refractivity contribution in [3.05, 3.63) is 0 Å². The van der Waals surface area contributed by atoms with E-state index < -0.39 is 5.97 Å². The number of amides is 1. The number of nitrogens with zero attached hydrogens (tertiary/aromatic N) is 1. The molecule has 0 saturated carbocycles. The van der Waals surface area contributed by atoms with Gasteiger partial charge < -0.3 is 10.0 Å². The van der Waals surface area contributed by atoms with Crippen molar-refractivity contribution in [1.29, 1.82) is 0 Å². The fraction of sp³-hybridized carbons (Fsp3) is 0.818. The molecule has 15 heavy (non-hydrogen) atoms. The summed E-state index contributed by atoms with van der Waals surface area (Å²) in [4.78, 5) is 24.4. The zero-order valence-electron chi connectivity index (χ0n) is 9.40. The number of carbonyl (C=O) groups excluding carboxylic acids is 1. The largest absolute Gasteiger partial charge is 0.481 e. The van der Waals surface area contributed by atoms with E-state index in [1.807, 2.05) is 13.8 Å². The monoisotopic (exact) mass is 213 g/mol. The lowest BCUT2D eigenvalue weighted by molar-refractivity contribution is -0.149. The van der Waals surface area contributed by atoms with E-state index >= 15 is 0 Å². The highest BCUT2D eigenvalue weighted by Gasteiger charge is 2.34. The van der Waals surface area contributed by atoms with E-state index in [9.17, 15) is 9.59 Å². The number of carbonyl (C=O) groups is 2. The molecule has 0 aromatic heterocycles. The van der Waals surface area contributed by atoms with Gasteiger partial charge in [0.05, 0.1) is 5.92 Å². The molecule has 0 radical (unpaired) electrons. The number of piperidine rings is 1. The average molecular weight is 213 g/mol. The summed E-state index contributed by atoms with van der Waals surface area (Å²) >= 11 is 0. The van der Waals surface area contributed by atoms with Crippen LogP contribution in [0.3, 0.4) is 0 Å². The Bertz CT molecular complexity index is 252. The molecule has 1 aliphatic rings. The van der Waals surface area contributed by atoms with Gasteiger partial charge in [-0.25, -0.2) is 0 Å². The van der Waals surface area contributed by atoms with E-state index in [1.54, 1.807) is 4.90 Å². The Balaban J connectivity index is 2.65. The predicted molar refractivity (Wildman–Crippen MR) is 56.4 cm³/mol. The van der Waals surface area contributed by atoms with Crippen molar-refractivity contribution in [3.63, 3.8) is 0 Å². The highest BCUT2D eigenvalue weighted by atomic mass is 16.4. The van der Waals surface area contributed by atoms with Crippen LogP contribution in [0.25, 0.3) is 0 Å². The molecular formula is C11H19NO3. The topological polar surface area (TPSA) is 57.6 Å². The van der Waals surface area contributed by atoms with E-state index in [-0.39, 0.29) is 17.9 Å². The number of likely N-dealkylation sites (tertiary alicyclic amines) is 1. The third-order valence-corrected chi connectivity index (χ3v) is 3.09. The molecule has 4 nitrogen and oxygen atoms in total. The summed E-state index contributed by atoms with van der Waals surface area (Å²) in [5.74, 6) is -1.08. The van der Waals surface area contributed by atoms with Crippen molar-refractivity contribution in [2.45, 2.75) is 45.6 Å². The number of hydrogen-bond donors (Lipinski definition) is 1. The molecule has 1 amide bonds. The summed E-state index contributed by atoms with van der Waals surface area (Å²) in [5.41, 5.74) is 0. The quantitative estimate of drug-likeness (QED) is 0.772. The first-order chi connectivity index (χ1) is 7.07. The van der Waals surface area contributed by atoms with Crippen LogP contribution >= 0.6 is 0 Å². The van der Waals surface area contributed by atoms with Gasteiger partial charge in [0.1, 0.15) is 0 Å². The third kappa shape index (κ3) is 2.70. The number of hydrogen-bond acceptors (Lipinski definition) is 2. The minimum atomic E-state index is -0.781. The maximum Gasteiger partial charge on any atom is 0.308 e. The zero-order chi connectivity index (χ0) is 11.4. The Morgan fingerprint density at radius 2 is 2.13 bits per heavy atom. The van der Waals surface area contributed by atoms with Gasteiger partial charge in [0, 0.05) is 19.0 Å². The summed E-state index contributed by atoms with van der Waals surface area (Å²) < 4.78 is 0. The molecule has 0 aromatic carbocycles. The normalized spacial score (nSPS) is 26.4. The Morgan fingerprint density at radius 3 is 2.67 bits per heavy atom. The van der Waals surface area contributed by atoms with E-state index in [0.29, 0.717) is 19.4 Å². The van der Waals surface area contributed by atoms with Crippen molar-refractivity contribution in [2.75, 3.05) is 6.54 Å². The summed E-state index contributed by atoms with van der Waals surface area (Å²) in [6.07, 6.45) is 2.83. The van der Waals surface area contributed by atoms with Gasteiger partial charge in [-0.05, 0) is 26.2 Å². The maximum absolute atomic E-state index is 11.7. The number of aliphatic carboxylic acids is 1. The van der Waals surface area contributed by atoms with Crippen LogP contribution in [-0.2, 0) is 9.59 Å². The number of carboxylic acids is 1. The summed E-state index contributed by atoms with van der Waals surface area (Å²) in [7, 11) is 0. The molecule has 0 aliphatic carbocycles. The van der Waals surface area contributed by atoms with E-state index in [0.717, 1.165) is 12.8 Å². The summed E-state index contributed by atoms with van der Waals surface area (Å²) in [6, 6.07) is -0.157. The molecule has 1 fully saturated rings. The lowest BCUT2D eigenvalue weighted by atomic mass is 9.90. The molecular weight excluding hydrogens is 194 g/mol. The van der Waals surface area contributed by atoms with Gasteiger partial charge in [-0.3, -0.25) is 9.59 Å². The molecule has 2 atom stereocenters. The van der Waals surface area contributed by atoms with E-state index in [4.69, 9.17) is 5.11 Å². The van der Waals surface area contributed by atoms with Crippen LogP contribution in [0.4, 0.5) is 0 Å². The Hall–Kier alpha value is -1.06. The summed E-state index contributed by atoms with van der Waals surface area (Å²) in [6.45, 7) is 4.51. The maximum atomic E-state index is 11.7. The van der Waals surface area contributed by atoms with Crippen molar-refractivity contribution < 1.29 is 14.7 Å². The predicted octanol–water partition coefficient (Wildman–Crippen LogP) is 1.50. The highest BCUT2D eigenvalue weighted by molar-refractivity contribution is 5.78. The standard InChI is InChI=1S/C11H19NO3/c1-3-5-10(13)12-7-4-6-9(8(12)2)11(14)15/h8-9H,3-7H2,1-2H3,(H,14,15)/t8-,9-/m0/s1. The van der Waals surface area contributed by atoms with Gasteiger partial charge in [-0.15, -0.1) is 0 Å². The lowest BCUT2D eigenvalue weighted by Crippen LogP contribution is -2.49. The van der Waals surface area contributed by atoms with Gasteiger partial charge in [0.2, 0.25) is 5.91 Å². The minimum Gasteiger partial charge on any atom is -0.481 e. The van der Waals surface area contributed by atoms with Crippen LogP contribution < -0.4 is 0 Å². The van der Waals surface area contributed by atoms with Crippen LogP contribution in [0.2, 0.25) is 0 Å². The molecule has 1 saturated heterocycles. The van der Waals surface area contributed by atoms with Gasteiger partial charge in [0.25, 0.3) is 0 Å². The first kappa shape index (κ1) is 12.0. The van der Waals surface area contributed by atoms with Crippen LogP contribution in [-0.4, -0.2) is 34.5 Å². The fourth-order valence-corrected chi connectivity index (χ4v) is 2.18. The second kappa shape index (κ2) is 5.14. The molecule has 1 aliphatic heterocycles. The fourth-order valence-electron chi connectivity index (χ4n) is 2.18. The first-order valence-corrected chi connectivity index (χ1v) is 5.60. The SMILES string of the molecule is CCCC(=O)N1CCC[C@H](C(=O)O)[C@@H]1C. The van der Waals surface area contributed by atoms with Crippen molar-refractivity contribution >= 4 is 11.9 Å². The van der Waals surface area contributed by atoms with Crippen LogP contribution in [0, 0.1) is 5.92 Å². The molecule has 0 aromatic rings. The second-order valence-electron chi connectivity index (χ2n) is 4.16. The summed E-state index contributed by atoms with van der Waals surface area (Å²) in [5, 5.41) is 9.00. The van der Waals surface area contributed by atoms with Crippen LogP contribution in [0.5, 0.6) is 0 Å². The van der Waals surface area contributed by atoms with Gasteiger partial charge in [0.15, 0.2) is 0 Å². The first-order valence-electron chi connectivity index (χ1n) is 5.60. The minimum absolute atomic E-state index is 0.0935. The smallest absolute Gasteiger partial charge is 0.308 e. The number of rotatable bonds is 3. The van der Waals surface area contributed by atoms with Crippen molar-refractivity contribution in [2.24, 2.45) is 5.92 Å². The van der Waals surface area contributed by atoms with E-state index in [2.05, 4.69) is 0 Å². The highest BCUT2D eigenvalue weighted by Crippen LogP contribution is 2.24. The molecule has 86 valence electrons. The van der Waals surface area contributed by atoms with Crippen LogP contribution in [0.1, 0.15) is 39.5 Å². The molecule has 0 spiro atoms. The average Bonchev–Trinajstić information content (AvgIpc) is 2.17. The second-order valence-corrected chi connectivity index (χ2v) is 4.16. The van der Waals surface area contributed by atoms with Gasteiger partial charge in [-0.2, -0.15) is 0 Å². The van der Waals surface area contributed by atoms with Crippen molar-refractivity contribution in [3.8, 4) is 0 Å². The van der Waals surface area contributed by atoms with Crippen LogP contribution in [0.15, 0.2) is 0 Å². The van der Waals surface area contributed by atoms with Gasteiger partial charge in [-0.1, -0.05) is 6.92 Å². The third-order valence-electron chi connectivity index (χ3n) is 3.09. The molecule has 1 heterocycles. The Labute approximate surface area is 90.3 Å². The lowest BCUT2D eigenvalue weighted by Gasteiger charge is -2.37. The van der Waals surface area contributed by atoms with Gasteiger partial charge >= 0.3 is 5.97 Å². The Morgan fingerprint density at radius 1 is 1.47 bits per heavy atom. The zero-order valence-corrected chi connectivity index (χ0v) is 9.40. The number of carboxylic acid groups (broad SMARTS) is 1. The molecule has 0 bridgehead atoms. The molecule has 1 rings (SSSR count). The van der Waals surface area contributed by atoms with Crippen molar-refractivity contribution in [1.82, 2.24) is 4.90 Å². The molecule has 0 unspecified atom stereocenters. The molecule has 1 N–H and O–H groups in total. The van der Waals surface area contributed by atoms with E-state index in [1.165, 1.54) is 0 Å². The Kier molecular flexibility index (Phi) is 4.12. The molecule has 4 heteroatoms.